The number of benzene rings is 1. The maximum atomic E-state index is 13.0. The Morgan fingerprint density at radius 1 is 1.08 bits per heavy atom. The molecular formula is C26H35N5O3S2. The second-order valence-corrected chi connectivity index (χ2v) is 10.8. The van der Waals surface area contributed by atoms with Crippen molar-refractivity contribution in [1.82, 2.24) is 14.8 Å². The van der Waals surface area contributed by atoms with Crippen molar-refractivity contribution in [3.05, 3.63) is 40.3 Å². The third kappa shape index (κ3) is 6.34. The zero-order chi connectivity index (χ0) is 25.7. The van der Waals surface area contributed by atoms with Gasteiger partial charge in [0, 0.05) is 62.9 Å². The summed E-state index contributed by atoms with van der Waals surface area (Å²) in [6.07, 6.45) is 3.20. The Balaban J connectivity index is 1.25. The predicted molar refractivity (Wildman–Crippen MR) is 148 cm³/mol. The minimum absolute atomic E-state index is 0.0390. The van der Waals surface area contributed by atoms with Gasteiger partial charge >= 0.3 is 5.97 Å². The normalized spacial score (nSPS) is 17.1. The number of aromatic nitrogens is 1. The van der Waals surface area contributed by atoms with Crippen molar-refractivity contribution in [2.45, 2.75) is 38.5 Å². The summed E-state index contributed by atoms with van der Waals surface area (Å²) in [6.45, 7) is 5.06. The number of ether oxygens (including phenoxy) is 1. The number of anilines is 2. The van der Waals surface area contributed by atoms with Gasteiger partial charge in [0.25, 0.3) is 5.91 Å². The van der Waals surface area contributed by atoms with E-state index in [1.54, 1.807) is 11.3 Å². The van der Waals surface area contributed by atoms with Crippen LogP contribution in [0.2, 0.25) is 0 Å². The minimum atomic E-state index is -0.149. The van der Waals surface area contributed by atoms with Gasteiger partial charge in [-0.25, -0.2) is 4.98 Å². The average molecular weight is 530 g/mol. The van der Waals surface area contributed by atoms with Gasteiger partial charge in [0.05, 0.1) is 17.5 Å². The zero-order valence-corrected chi connectivity index (χ0v) is 22.9. The van der Waals surface area contributed by atoms with E-state index in [2.05, 4.69) is 27.2 Å². The molecule has 194 valence electrons. The molecule has 0 atom stereocenters. The van der Waals surface area contributed by atoms with Gasteiger partial charge in [0.1, 0.15) is 5.69 Å². The Bertz CT molecular complexity index is 1060. The van der Waals surface area contributed by atoms with Crippen LogP contribution in [0.25, 0.3) is 0 Å². The van der Waals surface area contributed by atoms with Crippen molar-refractivity contribution < 1.29 is 14.3 Å². The lowest BCUT2D eigenvalue weighted by Gasteiger charge is -2.33. The van der Waals surface area contributed by atoms with Gasteiger partial charge in [0.15, 0.2) is 5.11 Å². The standard InChI is InChI=1S/C26H35N5O3S2/c1-4-34-25(33)19-11-13-30(14-12-19)24(32)22-17-36-23(28-22)18-9-15-31(16-10-18)26(35)27-20-5-7-21(8-6-20)29(2)3/h5-8,17-19H,4,9-16H2,1-3H3,(H,27,35). The molecule has 2 aliphatic heterocycles. The Morgan fingerprint density at radius 3 is 2.33 bits per heavy atom. The van der Waals surface area contributed by atoms with E-state index in [0.29, 0.717) is 44.1 Å². The molecule has 2 saturated heterocycles. The van der Waals surface area contributed by atoms with E-state index in [1.165, 1.54) is 0 Å². The third-order valence-corrected chi connectivity index (χ3v) is 8.28. The van der Waals surface area contributed by atoms with E-state index in [0.717, 1.165) is 47.4 Å². The summed E-state index contributed by atoms with van der Waals surface area (Å²) in [4.78, 5) is 35.8. The molecule has 1 N–H and O–H groups in total. The van der Waals surface area contributed by atoms with Crippen LogP contribution in [0, 0.1) is 5.92 Å². The van der Waals surface area contributed by atoms with Crippen molar-refractivity contribution in [1.29, 1.82) is 0 Å². The van der Waals surface area contributed by atoms with Crippen molar-refractivity contribution in [2.24, 2.45) is 5.92 Å². The zero-order valence-electron chi connectivity index (χ0n) is 21.2. The molecule has 0 radical (unpaired) electrons. The van der Waals surface area contributed by atoms with Gasteiger partial charge < -0.3 is 24.8 Å². The summed E-state index contributed by atoms with van der Waals surface area (Å²) in [5.74, 6) is 0.0411. The van der Waals surface area contributed by atoms with Crippen LogP contribution in [0.1, 0.15) is 54.0 Å². The number of amides is 1. The highest BCUT2D eigenvalue weighted by molar-refractivity contribution is 7.80. The van der Waals surface area contributed by atoms with Crippen LogP contribution < -0.4 is 10.2 Å². The van der Waals surface area contributed by atoms with Gasteiger partial charge in [0.2, 0.25) is 0 Å². The second-order valence-electron chi connectivity index (χ2n) is 9.52. The summed E-state index contributed by atoms with van der Waals surface area (Å²) < 4.78 is 5.13. The van der Waals surface area contributed by atoms with Crippen LogP contribution in [0.5, 0.6) is 0 Å². The van der Waals surface area contributed by atoms with Crippen molar-refractivity contribution in [3.63, 3.8) is 0 Å². The fraction of sp³-hybridized carbons (Fsp3) is 0.538. The first-order valence-electron chi connectivity index (χ1n) is 12.6. The number of thiazole rings is 1. The van der Waals surface area contributed by atoms with Gasteiger partial charge in [-0.15, -0.1) is 11.3 Å². The third-order valence-electron chi connectivity index (χ3n) is 6.91. The smallest absolute Gasteiger partial charge is 0.309 e. The van der Waals surface area contributed by atoms with Crippen LogP contribution in [-0.2, 0) is 9.53 Å². The highest BCUT2D eigenvalue weighted by atomic mass is 32.1. The number of likely N-dealkylation sites (tertiary alicyclic amines) is 2. The lowest BCUT2D eigenvalue weighted by Crippen LogP contribution is -2.41. The molecule has 1 aromatic heterocycles. The quantitative estimate of drug-likeness (QED) is 0.441. The molecule has 0 saturated carbocycles. The SMILES string of the molecule is CCOC(=O)C1CCN(C(=O)c2csc(C3CCN(C(=S)Nc4ccc(N(C)C)cc4)CC3)n2)CC1. The molecule has 2 fully saturated rings. The molecule has 1 aromatic carbocycles. The molecule has 8 nitrogen and oxygen atoms in total. The second kappa shape index (κ2) is 12.0. The molecule has 4 rings (SSSR count). The predicted octanol–water partition coefficient (Wildman–Crippen LogP) is 4.20. The molecule has 0 aliphatic carbocycles. The van der Waals surface area contributed by atoms with Crippen molar-refractivity contribution in [3.8, 4) is 0 Å². The Labute approximate surface area is 222 Å². The summed E-state index contributed by atoms with van der Waals surface area (Å²) in [6, 6.07) is 8.23. The number of thiocarbonyl (C=S) groups is 1. The molecule has 36 heavy (non-hydrogen) atoms. The van der Waals surface area contributed by atoms with E-state index < -0.39 is 0 Å². The molecule has 1 amide bonds. The largest absolute Gasteiger partial charge is 0.466 e. The Kier molecular flexibility index (Phi) is 8.79. The number of piperidine rings is 2. The lowest BCUT2D eigenvalue weighted by atomic mass is 9.97. The van der Waals surface area contributed by atoms with Crippen LogP contribution in [-0.4, -0.2) is 78.7 Å². The number of nitrogens with zero attached hydrogens (tertiary/aromatic N) is 4. The highest BCUT2D eigenvalue weighted by Gasteiger charge is 2.30. The van der Waals surface area contributed by atoms with Gasteiger partial charge in [-0.3, -0.25) is 9.59 Å². The van der Waals surface area contributed by atoms with Crippen molar-refractivity contribution in [2.75, 3.05) is 57.1 Å². The molecule has 0 bridgehead atoms. The van der Waals surface area contributed by atoms with E-state index in [1.807, 2.05) is 43.4 Å². The van der Waals surface area contributed by atoms with E-state index in [9.17, 15) is 9.59 Å². The first-order chi connectivity index (χ1) is 17.4. The maximum absolute atomic E-state index is 13.0. The van der Waals surface area contributed by atoms with Crippen LogP contribution in [0.15, 0.2) is 29.6 Å². The van der Waals surface area contributed by atoms with Gasteiger partial charge in [-0.05, 0) is 69.1 Å². The molecule has 0 unspecified atom stereocenters. The molecule has 10 heteroatoms. The molecule has 0 spiro atoms. The number of rotatable bonds is 6. The van der Waals surface area contributed by atoms with E-state index in [-0.39, 0.29) is 17.8 Å². The van der Waals surface area contributed by atoms with Gasteiger partial charge in [-0.1, -0.05) is 0 Å². The number of hydrogen-bond acceptors (Lipinski definition) is 7. The summed E-state index contributed by atoms with van der Waals surface area (Å²) in [5, 5.41) is 7.00. The molecule has 3 heterocycles. The average Bonchev–Trinajstić information content (AvgIpc) is 3.39. The Morgan fingerprint density at radius 2 is 1.72 bits per heavy atom. The summed E-state index contributed by atoms with van der Waals surface area (Å²) in [5.41, 5.74) is 2.65. The van der Waals surface area contributed by atoms with E-state index in [4.69, 9.17) is 21.9 Å². The number of esters is 1. The van der Waals surface area contributed by atoms with E-state index >= 15 is 0 Å². The minimum Gasteiger partial charge on any atom is -0.466 e. The fourth-order valence-electron chi connectivity index (χ4n) is 4.69. The number of nitrogens with one attached hydrogen (secondary N) is 1. The summed E-state index contributed by atoms with van der Waals surface area (Å²) >= 11 is 7.23. The molecule has 2 aliphatic rings. The van der Waals surface area contributed by atoms with Crippen LogP contribution in [0.4, 0.5) is 11.4 Å². The van der Waals surface area contributed by atoms with Crippen LogP contribution in [0.3, 0.4) is 0 Å². The Hall–Kier alpha value is -2.72. The van der Waals surface area contributed by atoms with Crippen molar-refractivity contribution >= 4 is 51.9 Å². The maximum Gasteiger partial charge on any atom is 0.309 e. The molecular weight excluding hydrogens is 494 g/mol. The summed E-state index contributed by atoms with van der Waals surface area (Å²) in [7, 11) is 4.05. The molecule has 2 aromatic rings. The van der Waals surface area contributed by atoms with Crippen LogP contribution >= 0.6 is 23.6 Å². The first kappa shape index (κ1) is 26.3. The monoisotopic (exact) mass is 529 g/mol. The number of carbonyl (C=O) groups is 2. The first-order valence-corrected chi connectivity index (χ1v) is 13.9. The number of hydrogen-bond donors (Lipinski definition) is 1. The topological polar surface area (TPSA) is 78.0 Å². The fourth-order valence-corrected chi connectivity index (χ4v) is 5.95. The lowest BCUT2D eigenvalue weighted by molar-refractivity contribution is -0.149. The van der Waals surface area contributed by atoms with Gasteiger partial charge in [-0.2, -0.15) is 0 Å². The highest BCUT2D eigenvalue weighted by Crippen LogP contribution is 2.31. The number of carbonyl (C=O) groups excluding carboxylic acids is 2.